The highest BCUT2D eigenvalue weighted by molar-refractivity contribution is 5.34. The van der Waals surface area contributed by atoms with Crippen molar-refractivity contribution >= 4 is 0 Å². The molecule has 0 amide bonds. The zero-order valence-corrected chi connectivity index (χ0v) is 10.7. The third-order valence-electron chi connectivity index (χ3n) is 2.42. The zero-order chi connectivity index (χ0) is 13.2. The van der Waals surface area contributed by atoms with Crippen LogP contribution in [0.2, 0.25) is 0 Å². The Hall–Kier alpha value is -1.39. The topological polar surface area (TPSA) is 30.5 Å². The van der Waals surface area contributed by atoms with Gasteiger partial charge in [-0.25, -0.2) is 4.39 Å². The molecule has 0 aromatic heterocycles. The van der Waals surface area contributed by atoms with E-state index in [4.69, 9.17) is 9.47 Å². The van der Waals surface area contributed by atoms with Gasteiger partial charge in [-0.3, -0.25) is 0 Å². The van der Waals surface area contributed by atoms with Gasteiger partial charge in [-0.05, 0) is 12.5 Å². The predicted octanol–water partition coefficient (Wildman–Crippen LogP) is 2.52. The van der Waals surface area contributed by atoms with Gasteiger partial charge in [0, 0.05) is 25.8 Å². The second-order valence-corrected chi connectivity index (χ2v) is 3.82. The molecule has 0 saturated carbocycles. The summed E-state index contributed by atoms with van der Waals surface area (Å²) in [6, 6.07) is 4.94. The first-order chi connectivity index (χ1) is 8.79. The molecule has 0 atom stereocenters. The van der Waals surface area contributed by atoms with Crippen LogP contribution in [-0.2, 0) is 11.3 Å². The van der Waals surface area contributed by atoms with Crippen molar-refractivity contribution in [1.82, 2.24) is 5.32 Å². The maximum absolute atomic E-state index is 13.6. The normalized spacial score (nSPS) is 10.3. The molecule has 0 spiro atoms. The van der Waals surface area contributed by atoms with Crippen LogP contribution in [0.25, 0.3) is 0 Å². The lowest BCUT2D eigenvalue weighted by Gasteiger charge is -2.12. The van der Waals surface area contributed by atoms with Gasteiger partial charge in [-0.1, -0.05) is 18.2 Å². The summed E-state index contributed by atoms with van der Waals surface area (Å²) in [5, 5.41) is 3.17. The summed E-state index contributed by atoms with van der Waals surface area (Å²) in [7, 11) is 1.65. The quantitative estimate of drug-likeness (QED) is 0.542. The Labute approximate surface area is 108 Å². The zero-order valence-electron chi connectivity index (χ0n) is 10.7. The van der Waals surface area contributed by atoms with Crippen LogP contribution in [-0.4, -0.2) is 26.9 Å². The Kier molecular flexibility index (Phi) is 7.06. The molecule has 100 valence electrons. The van der Waals surface area contributed by atoms with Gasteiger partial charge < -0.3 is 14.8 Å². The van der Waals surface area contributed by atoms with Crippen molar-refractivity contribution in [3.8, 4) is 5.75 Å². The van der Waals surface area contributed by atoms with Crippen molar-refractivity contribution in [2.45, 2.75) is 13.0 Å². The minimum Gasteiger partial charge on any atom is -0.490 e. The van der Waals surface area contributed by atoms with Gasteiger partial charge in [0.1, 0.15) is 0 Å². The molecule has 0 saturated heterocycles. The summed E-state index contributed by atoms with van der Waals surface area (Å²) in [4.78, 5) is 0. The van der Waals surface area contributed by atoms with E-state index in [0.717, 1.165) is 12.1 Å². The lowest BCUT2D eigenvalue weighted by molar-refractivity contribution is 0.199. The summed E-state index contributed by atoms with van der Waals surface area (Å²) >= 11 is 0. The Morgan fingerprint density at radius 2 is 2.22 bits per heavy atom. The monoisotopic (exact) mass is 253 g/mol. The summed E-state index contributed by atoms with van der Waals surface area (Å²) < 4.78 is 24.0. The van der Waals surface area contributed by atoms with Gasteiger partial charge in [0.05, 0.1) is 13.2 Å². The van der Waals surface area contributed by atoms with E-state index in [1.807, 2.05) is 6.07 Å². The molecule has 1 rings (SSSR count). The third kappa shape index (κ3) is 4.85. The molecule has 0 radical (unpaired) electrons. The number of methoxy groups -OCH3 is 1. The average molecular weight is 253 g/mol. The molecule has 18 heavy (non-hydrogen) atoms. The maximum atomic E-state index is 13.6. The Balaban J connectivity index is 2.58. The second-order valence-electron chi connectivity index (χ2n) is 3.82. The number of hydrogen-bond acceptors (Lipinski definition) is 3. The van der Waals surface area contributed by atoms with Gasteiger partial charge in [0.2, 0.25) is 0 Å². The standard InChI is InChI=1S/C14H20FNO2/c1-3-4-9-18-14-12(6-5-7-13(14)15)11-16-8-10-17-2/h3,5-7,16H,1,4,8-11H2,2H3. The lowest BCUT2D eigenvalue weighted by Crippen LogP contribution is -2.19. The van der Waals surface area contributed by atoms with Crippen molar-refractivity contribution in [2.24, 2.45) is 0 Å². The fourth-order valence-electron chi connectivity index (χ4n) is 1.50. The van der Waals surface area contributed by atoms with Crippen LogP contribution in [0.15, 0.2) is 30.9 Å². The van der Waals surface area contributed by atoms with E-state index in [9.17, 15) is 4.39 Å². The maximum Gasteiger partial charge on any atom is 0.165 e. The highest BCUT2D eigenvalue weighted by Gasteiger charge is 2.08. The van der Waals surface area contributed by atoms with Crippen molar-refractivity contribution in [2.75, 3.05) is 26.9 Å². The van der Waals surface area contributed by atoms with Crippen molar-refractivity contribution in [1.29, 1.82) is 0 Å². The predicted molar refractivity (Wildman–Crippen MR) is 70.3 cm³/mol. The largest absolute Gasteiger partial charge is 0.490 e. The summed E-state index contributed by atoms with van der Waals surface area (Å²) in [6.45, 7) is 5.96. The van der Waals surface area contributed by atoms with E-state index in [1.54, 1.807) is 19.3 Å². The fourth-order valence-corrected chi connectivity index (χ4v) is 1.50. The fraction of sp³-hybridized carbons (Fsp3) is 0.429. The molecular formula is C14H20FNO2. The van der Waals surface area contributed by atoms with E-state index in [-0.39, 0.29) is 5.82 Å². The van der Waals surface area contributed by atoms with Gasteiger partial charge in [-0.15, -0.1) is 6.58 Å². The summed E-state index contributed by atoms with van der Waals surface area (Å²) in [5.74, 6) is -0.00521. The molecule has 0 heterocycles. The van der Waals surface area contributed by atoms with E-state index in [1.165, 1.54) is 6.07 Å². The van der Waals surface area contributed by atoms with E-state index < -0.39 is 0 Å². The lowest BCUT2D eigenvalue weighted by atomic mass is 10.2. The van der Waals surface area contributed by atoms with Crippen molar-refractivity contribution < 1.29 is 13.9 Å². The first-order valence-electron chi connectivity index (χ1n) is 6.00. The number of halogens is 1. The summed E-state index contributed by atoms with van der Waals surface area (Å²) in [6.07, 6.45) is 2.45. The molecule has 0 aliphatic heterocycles. The average Bonchev–Trinajstić information content (AvgIpc) is 2.37. The Morgan fingerprint density at radius 3 is 2.94 bits per heavy atom. The summed E-state index contributed by atoms with van der Waals surface area (Å²) in [5.41, 5.74) is 0.815. The number of ether oxygens (including phenoxy) is 2. The van der Waals surface area contributed by atoms with Gasteiger partial charge in [0.15, 0.2) is 11.6 Å². The Bertz CT molecular complexity index is 369. The smallest absolute Gasteiger partial charge is 0.165 e. The first-order valence-corrected chi connectivity index (χ1v) is 6.00. The molecule has 0 unspecified atom stereocenters. The molecule has 1 N–H and O–H groups in total. The van der Waals surface area contributed by atoms with Crippen LogP contribution < -0.4 is 10.1 Å². The van der Waals surface area contributed by atoms with E-state index in [2.05, 4.69) is 11.9 Å². The van der Waals surface area contributed by atoms with Crippen LogP contribution in [0.1, 0.15) is 12.0 Å². The molecule has 0 aliphatic carbocycles. The number of benzene rings is 1. The van der Waals surface area contributed by atoms with Crippen LogP contribution in [0.4, 0.5) is 4.39 Å². The van der Waals surface area contributed by atoms with Crippen molar-refractivity contribution in [3.63, 3.8) is 0 Å². The molecule has 1 aromatic rings. The second kappa shape index (κ2) is 8.66. The number of para-hydroxylation sites is 1. The molecule has 0 fully saturated rings. The SMILES string of the molecule is C=CCCOc1c(F)cccc1CNCCOC. The van der Waals surface area contributed by atoms with Crippen LogP contribution in [0.5, 0.6) is 5.75 Å². The van der Waals surface area contributed by atoms with Crippen molar-refractivity contribution in [3.05, 3.63) is 42.2 Å². The van der Waals surface area contributed by atoms with Crippen LogP contribution >= 0.6 is 0 Å². The minimum atomic E-state index is -0.329. The molecular weight excluding hydrogens is 233 g/mol. The molecule has 0 aliphatic rings. The van der Waals surface area contributed by atoms with Gasteiger partial charge >= 0.3 is 0 Å². The third-order valence-corrected chi connectivity index (χ3v) is 2.42. The first kappa shape index (κ1) is 14.7. The number of nitrogens with one attached hydrogen (secondary N) is 1. The van der Waals surface area contributed by atoms with E-state index >= 15 is 0 Å². The van der Waals surface area contributed by atoms with Gasteiger partial charge in [-0.2, -0.15) is 0 Å². The van der Waals surface area contributed by atoms with E-state index in [0.29, 0.717) is 31.9 Å². The van der Waals surface area contributed by atoms with Gasteiger partial charge in [0.25, 0.3) is 0 Å². The molecule has 4 heteroatoms. The van der Waals surface area contributed by atoms with Crippen LogP contribution in [0.3, 0.4) is 0 Å². The molecule has 1 aromatic carbocycles. The number of hydrogen-bond donors (Lipinski definition) is 1. The minimum absolute atomic E-state index is 0.323. The number of rotatable bonds is 9. The van der Waals surface area contributed by atoms with Crippen LogP contribution in [0, 0.1) is 5.82 Å². The Morgan fingerprint density at radius 1 is 1.39 bits per heavy atom. The molecule has 3 nitrogen and oxygen atoms in total. The highest BCUT2D eigenvalue weighted by Crippen LogP contribution is 2.22. The highest BCUT2D eigenvalue weighted by atomic mass is 19.1. The molecule has 0 bridgehead atoms.